The lowest BCUT2D eigenvalue weighted by Gasteiger charge is -2.37. The van der Waals surface area contributed by atoms with E-state index in [4.69, 9.17) is 4.74 Å². The fraction of sp³-hybridized carbons (Fsp3) is 0.200. The number of ketones is 1. The minimum Gasteiger partial charge on any atom is -0.489 e. The first-order chi connectivity index (χ1) is 19.4. The van der Waals surface area contributed by atoms with Crippen LogP contribution in [0.3, 0.4) is 0 Å². The zero-order valence-corrected chi connectivity index (χ0v) is 22.8. The van der Waals surface area contributed by atoms with Gasteiger partial charge in [0.1, 0.15) is 12.4 Å². The number of nitrogens with one attached hydrogen (secondary N) is 1. The third-order valence-corrected chi connectivity index (χ3v) is 7.58. The molecular weight excluding hydrogens is 496 g/mol. The fourth-order valence-corrected chi connectivity index (χ4v) is 5.73. The van der Waals surface area contributed by atoms with Gasteiger partial charge < -0.3 is 10.1 Å². The van der Waals surface area contributed by atoms with Gasteiger partial charge in [-0.3, -0.25) is 14.5 Å². The molecule has 40 heavy (non-hydrogen) atoms. The zero-order valence-electron chi connectivity index (χ0n) is 22.8. The SMILES string of the molecule is CC1(C)CC(=O)C2=C(C1)Nc1ccccc1N(C(=O)c1ccccc1)[C@@H]2c1ccc(OCc2ccccc2)cc1. The Hall–Kier alpha value is -4.64. The van der Waals surface area contributed by atoms with Gasteiger partial charge in [0, 0.05) is 23.3 Å². The third kappa shape index (κ3) is 5.03. The minimum absolute atomic E-state index is 0.0619. The molecule has 4 aromatic carbocycles. The highest BCUT2D eigenvalue weighted by Gasteiger charge is 2.43. The highest BCUT2D eigenvalue weighted by atomic mass is 16.5. The van der Waals surface area contributed by atoms with Crippen molar-refractivity contribution >= 4 is 23.1 Å². The summed E-state index contributed by atoms with van der Waals surface area (Å²) < 4.78 is 6.04. The van der Waals surface area contributed by atoms with E-state index in [1.807, 2.05) is 109 Å². The molecular formula is C35H32N2O3. The van der Waals surface area contributed by atoms with Gasteiger partial charge in [-0.25, -0.2) is 0 Å². The molecule has 0 spiro atoms. The van der Waals surface area contributed by atoms with E-state index >= 15 is 0 Å². The number of para-hydroxylation sites is 2. The number of fused-ring (bicyclic) bond motifs is 1. The predicted octanol–water partition coefficient (Wildman–Crippen LogP) is 7.72. The summed E-state index contributed by atoms with van der Waals surface area (Å²) in [6.45, 7) is 4.70. The molecule has 0 aromatic heterocycles. The van der Waals surface area contributed by atoms with Crippen LogP contribution in [-0.4, -0.2) is 11.7 Å². The highest BCUT2D eigenvalue weighted by molar-refractivity contribution is 6.12. The van der Waals surface area contributed by atoms with Crippen molar-refractivity contribution in [3.63, 3.8) is 0 Å². The molecule has 0 unspecified atom stereocenters. The second-order valence-corrected chi connectivity index (χ2v) is 11.3. The Morgan fingerprint density at radius 2 is 1.50 bits per heavy atom. The van der Waals surface area contributed by atoms with E-state index in [1.54, 1.807) is 4.90 Å². The Morgan fingerprint density at radius 1 is 0.850 bits per heavy atom. The van der Waals surface area contributed by atoms with Crippen LogP contribution in [0.2, 0.25) is 0 Å². The molecule has 0 bridgehead atoms. The van der Waals surface area contributed by atoms with Crippen molar-refractivity contribution in [1.29, 1.82) is 0 Å². The number of anilines is 2. The summed E-state index contributed by atoms with van der Waals surface area (Å²) in [5.74, 6) is 0.633. The molecule has 5 heteroatoms. The summed E-state index contributed by atoms with van der Waals surface area (Å²) >= 11 is 0. The minimum atomic E-state index is -0.592. The lowest BCUT2D eigenvalue weighted by atomic mass is 9.73. The first kappa shape index (κ1) is 25.6. The van der Waals surface area contributed by atoms with Crippen molar-refractivity contribution in [2.75, 3.05) is 10.2 Å². The average Bonchev–Trinajstić information content (AvgIpc) is 3.11. The molecule has 4 aromatic rings. The van der Waals surface area contributed by atoms with Gasteiger partial charge in [-0.2, -0.15) is 0 Å². The van der Waals surface area contributed by atoms with E-state index < -0.39 is 6.04 Å². The molecule has 1 aliphatic heterocycles. The number of ether oxygens (including phenoxy) is 1. The topological polar surface area (TPSA) is 58.6 Å². The molecule has 1 amide bonds. The molecule has 1 N–H and O–H groups in total. The number of hydrogen-bond donors (Lipinski definition) is 1. The fourth-order valence-electron chi connectivity index (χ4n) is 5.73. The van der Waals surface area contributed by atoms with Gasteiger partial charge in [0.25, 0.3) is 5.91 Å². The summed E-state index contributed by atoms with van der Waals surface area (Å²) in [6, 6.07) is 34.3. The molecule has 1 atom stereocenters. The summed E-state index contributed by atoms with van der Waals surface area (Å²) in [6.07, 6.45) is 1.14. The molecule has 0 fully saturated rings. The number of carbonyl (C=O) groups excluding carboxylic acids is 2. The van der Waals surface area contributed by atoms with Gasteiger partial charge in [-0.15, -0.1) is 0 Å². The number of rotatable bonds is 5. The van der Waals surface area contributed by atoms with Crippen LogP contribution in [0.1, 0.15) is 54.2 Å². The van der Waals surface area contributed by atoms with Crippen molar-refractivity contribution < 1.29 is 14.3 Å². The van der Waals surface area contributed by atoms with Crippen LogP contribution in [0.25, 0.3) is 0 Å². The van der Waals surface area contributed by atoms with Gasteiger partial charge in [-0.1, -0.05) is 86.6 Å². The molecule has 1 aliphatic carbocycles. The van der Waals surface area contributed by atoms with Crippen LogP contribution in [0.4, 0.5) is 11.4 Å². The molecule has 1 heterocycles. The molecule has 0 radical (unpaired) electrons. The smallest absolute Gasteiger partial charge is 0.259 e. The van der Waals surface area contributed by atoms with Gasteiger partial charge in [0.2, 0.25) is 0 Å². The Balaban J connectivity index is 1.47. The van der Waals surface area contributed by atoms with E-state index in [0.717, 1.165) is 33.9 Å². The first-order valence-electron chi connectivity index (χ1n) is 13.7. The van der Waals surface area contributed by atoms with Crippen LogP contribution in [0.5, 0.6) is 5.75 Å². The Kier molecular flexibility index (Phi) is 6.72. The number of carbonyl (C=O) groups is 2. The van der Waals surface area contributed by atoms with E-state index in [2.05, 4.69) is 19.2 Å². The number of hydrogen-bond acceptors (Lipinski definition) is 4. The Bertz CT molecular complexity index is 1570. The maximum atomic E-state index is 14.3. The third-order valence-electron chi connectivity index (χ3n) is 7.58. The van der Waals surface area contributed by atoms with E-state index in [0.29, 0.717) is 30.6 Å². The van der Waals surface area contributed by atoms with E-state index in [9.17, 15) is 9.59 Å². The highest BCUT2D eigenvalue weighted by Crippen LogP contribution is 2.48. The lowest BCUT2D eigenvalue weighted by molar-refractivity contribution is -0.118. The number of benzene rings is 4. The maximum absolute atomic E-state index is 14.3. The molecule has 0 saturated carbocycles. The van der Waals surface area contributed by atoms with Gasteiger partial charge >= 0.3 is 0 Å². The number of amides is 1. The predicted molar refractivity (Wildman–Crippen MR) is 158 cm³/mol. The molecule has 0 saturated heterocycles. The first-order valence-corrected chi connectivity index (χ1v) is 13.7. The van der Waals surface area contributed by atoms with Gasteiger partial charge in [0.15, 0.2) is 5.78 Å². The van der Waals surface area contributed by atoms with Crippen molar-refractivity contribution in [2.24, 2.45) is 5.41 Å². The summed E-state index contributed by atoms with van der Waals surface area (Å²) in [7, 11) is 0. The second-order valence-electron chi connectivity index (χ2n) is 11.3. The molecule has 5 nitrogen and oxygen atoms in total. The Morgan fingerprint density at radius 3 is 2.23 bits per heavy atom. The summed E-state index contributed by atoms with van der Waals surface area (Å²) in [5.41, 5.74) is 5.41. The number of nitrogens with zero attached hydrogens (tertiary/aromatic N) is 1. The summed E-state index contributed by atoms with van der Waals surface area (Å²) in [5, 5.41) is 3.57. The number of Topliss-reactive ketones (excluding diaryl/α,β-unsaturated/α-hetero) is 1. The van der Waals surface area contributed by atoms with E-state index in [1.165, 1.54) is 0 Å². The standard InChI is InChI=1S/C35H32N2O3/c1-35(2)21-29-32(31(38)22-35)33(25-17-19-27(20-18-25)40-23-24-11-5-3-6-12-24)37(30-16-10-9-15-28(30)36-29)34(39)26-13-7-4-8-14-26/h3-20,33,36H,21-23H2,1-2H3/t33-/m1/s1. The summed E-state index contributed by atoms with van der Waals surface area (Å²) in [4.78, 5) is 30.0. The van der Waals surface area contributed by atoms with Crippen LogP contribution in [0.15, 0.2) is 120 Å². The van der Waals surface area contributed by atoms with E-state index in [-0.39, 0.29) is 17.1 Å². The van der Waals surface area contributed by atoms with Crippen LogP contribution < -0.4 is 15.0 Å². The van der Waals surface area contributed by atoms with Crippen molar-refractivity contribution in [3.05, 3.63) is 137 Å². The number of allylic oxidation sites excluding steroid dienone is 1. The van der Waals surface area contributed by atoms with Crippen molar-refractivity contribution in [2.45, 2.75) is 39.3 Å². The molecule has 6 rings (SSSR count). The normalized spacial score (nSPS) is 17.8. The van der Waals surface area contributed by atoms with Crippen molar-refractivity contribution in [1.82, 2.24) is 0 Å². The van der Waals surface area contributed by atoms with Crippen LogP contribution in [0, 0.1) is 5.41 Å². The average molecular weight is 529 g/mol. The second kappa shape index (κ2) is 10.5. The lowest BCUT2D eigenvalue weighted by Crippen LogP contribution is -2.39. The van der Waals surface area contributed by atoms with Gasteiger partial charge in [-0.05, 0) is 59.4 Å². The molecule has 200 valence electrons. The Labute approximate surface area is 235 Å². The van der Waals surface area contributed by atoms with Crippen LogP contribution in [-0.2, 0) is 11.4 Å². The monoisotopic (exact) mass is 528 g/mol. The quantitative estimate of drug-likeness (QED) is 0.288. The zero-order chi connectivity index (χ0) is 27.7. The molecule has 2 aliphatic rings. The largest absolute Gasteiger partial charge is 0.489 e. The van der Waals surface area contributed by atoms with Crippen LogP contribution >= 0.6 is 0 Å². The van der Waals surface area contributed by atoms with Crippen molar-refractivity contribution in [3.8, 4) is 5.75 Å². The maximum Gasteiger partial charge on any atom is 0.259 e. The van der Waals surface area contributed by atoms with Gasteiger partial charge in [0.05, 0.1) is 17.4 Å².